The summed E-state index contributed by atoms with van der Waals surface area (Å²) >= 11 is 0. The van der Waals surface area contributed by atoms with Gasteiger partial charge < -0.3 is 4.74 Å². The van der Waals surface area contributed by atoms with Gasteiger partial charge >= 0.3 is 11.9 Å². The zero-order valence-electron chi connectivity index (χ0n) is 12.9. The van der Waals surface area contributed by atoms with Gasteiger partial charge in [-0.2, -0.15) is 0 Å². The summed E-state index contributed by atoms with van der Waals surface area (Å²) in [5, 5.41) is 0. The van der Waals surface area contributed by atoms with Crippen LogP contribution < -0.4 is 0 Å². The van der Waals surface area contributed by atoms with Crippen molar-refractivity contribution < 1.29 is 14.3 Å². The van der Waals surface area contributed by atoms with Gasteiger partial charge in [0.15, 0.2) is 0 Å². The third kappa shape index (κ3) is 13.4. The van der Waals surface area contributed by atoms with E-state index in [9.17, 15) is 9.59 Å². The summed E-state index contributed by atoms with van der Waals surface area (Å²) in [6, 6.07) is 0. The van der Waals surface area contributed by atoms with Crippen LogP contribution in [-0.4, -0.2) is 11.9 Å². The van der Waals surface area contributed by atoms with E-state index < -0.39 is 0 Å². The number of carbonyl (C=O) groups excluding carboxylic acids is 2. The number of carbonyl (C=O) groups is 2. The quantitative estimate of drug-likeness (QED) is 0.312. The molecule has 3 nitrogen and oxygen atoms in total. The zero-order chi connectivity index (χ0) is 14.5. The van der Waals surface area contributed by atoms with E-state index in [1.54, 1.807) is 0 Å². The van der Waals surface area contributed by atoms with Crippen molar-refractivity contribution in [3.8, 4) is 0 Å². The summed E-state index contributed by atoms with van der Waals surface area (Å²) in [6.07, 6.45) is 10.2. The summed E-state index contributed by atoms with van der Waals surface area (Å²) in [5.74, 6) is -0.514. The molecule has 0 bridgehead atoms. The predicted molar refractivity (Wildman–Crippen MR) is 77.8 cm³/mol. The first-order valence-corrected chi connectivity index (χ1v) is 7.79. The topological polar surface area (TPSA) is 43.4 Å². The van der Waals surface area contributed by atoms with Crippen LogP contribution in [0.4, 0.5) is 0 Å². The highest BCUT2D eigenvalue weighted by atomic mass is 16.6. The lowest BCUT2D eigenvalue weighted by Gasteiger charge is -2.05. The summed E-state index contributed by atoms with van der Waals surface area (Å²) in [6.45, 7) is 6.08. The molecule has 19 heavy (non-hydrogen) atoms. The van der Waals surface area contributed by atoms with Crippen LogP contribution in [0.15, 0.2) is 0 Å². The molecule has 0 aliphatic heterocycles. The van der Waals surface area contributed by atoms with Gasteiger partial charge in [-0.15, -0.1) is 0 Å². The number of hydrogen-bond acceptors (Lipinski definition) is 3. The molecule has 0 aliphatic rings. The van der Waals surface area contributed by atoms with Crippen LogP contribution >= 0.6 is 0 Å². The SMILES string of the molecule is CCCCCCCCCCC(=O)OC(=O)CC(C)C. The Bertz CT molecular complexity index is 246. The van der Waals surface area contributed by atoms with Crippen LogP contribution in [-0.2, 0) is 14.3 Å². The lowest BCUT2D eigenvalue weighted by molar-refractivity contribution is -0.160. The minimum absolute atomic E-state index is 0.239. The molecule has 0 aromatic carbocycles. The minimum Gasteiger partial charge on any atom is -0.393 e. The molecule has 0 rings (SSSR count). The van der Waals surface area contributed by atoms with Gasteiger partial charge in [0, 0.05) is 12.8 Å². The molecule has 0 unspecified atom stereocenters. The first-order chi connectivity index (χ1) is 9.06. The number of ether oxygens (including phenoxy) is 1. The van der Waals surface area contributed by atoms with Crippen LogP contribution in [0.25, 0.3) is 0 Å². The summed E-state index contributed by atoms with van der Waals surface area (Å²) in [5.41, 5.74) is 0. The fourth-order valence-corrected chi connectivity index (χ4v) is 1.96. The Morgan fingerprint density at radius 1 is 0.842 bits per heavy atom. The molecule has 3 heteroatoms. The fourth-order valence-electron chi connectivity index (χ4n) is 1.96. The summed E-state index contributed by atoms with van der Waals surface area (Å²) in [7, 11) is 0. The van der Waals surface area contributed by atoms with Crippen molar-refractivity contribution in [2.75, 3.05) is 0 Å². The Kier molecular flexibility index (Phi) is 11.6. The lowest BCUT2D eigenvalue weighted by atomic mass is 10.1. The zero-order valence-corrected chi connectivity index (χ0v) is 12.9. The van der Waals surface area contributed by atoms with E-state index in [0.717, 1.165) is 12.8 Å². The van der Waals surface area contributed by atoms with Crippen molar-refractivity contribution in [1.29, 1.82) is 0 Å². The highest BCUT2D eigenvalue weighted by Crippen LogP contribution is 2.10. The van der Waals surface area contributed by atoms with Crippen LogP contribution in [0.2, 0.25) is 0 Å². The van der Waals surface area contributed by atoms with Gasteiger partial charge in [0.05, 0.1) is 0 Å². The number of rotatable bonds is 11. The number of hydrogen-bond donors (Lipinski definition) is 0. The Balaban J connectivity index is 3.36. The molecular formula is C16H30O3. The normalized spacial score (nSPS) is 10.7. The molecule has 0 aromatic heterocycles. The largest absolute Gasteiger partial charge is 0.393 e. The smallest absolute Gasteiger partial charge is 0.313 e. The maximum absolute atomic E-state index is 11.4. The summed E-state index contributed by atoms with van der Waals surface area (Å²) in [4.78, 5) is 22.6. The molecule has 0 N–H and O–H groups in total. The third-order valence-corrected chi connectivity index (χ3v) is 3.04. The van der Waals surface area contributed by atoms with Crippen molar-refractivity contribution in [1.82, 2.24) is 0 Å². The van der Waals surface area contributed by atoms with Crippen LogP contribution in [0.3, 0.4) is 0 Å². The molecule has 0 amide bonds. The van der Waals surface area contributed by atoms with Gasteiger partial charge in [-0.1, -0.05) is 65.7 Å². The van der Waals surface area contributed by atoms with E-state index in [2.05, 4.69) is 6.92 Å². The standard InChI is InChI=1S/C16H30O3/c1-4-5-6-7-8-9-10-11-12-15(17)19-16(18)13-14(2)3/h14H,4-13H2,1-3H3. The molecule has 0 spiro atoms. The molecule has 0 atom stereocenters. The van der Waals surface area contributed by atoms with Gasteiger partial charge in [-0.05, 0) is 12.3 Å². The Labute approximate surface area is 118 Å². The monoisotopic (exact) mass is 270 g/mol. The van der Waals surface area contributed by atoms with Crippen LogP contribution in [0.1, 0.15) is 85.0 Å². The van der Waals surface area contributed by atoms with E-state index >= 15 is 0 Å². The molecule has 0 saturated heterocycles. The lowest BCUT2D eigenvalue weighted by Crippen LogP contribution is -2.13. The first kappa shape index (κ1) is 18.1. The molecule has 0 fully saturated rings. The Morgan fingerprint density at radius 3 is 1.89 bits per heavy atom. The van der Waals surface area contributed by atoms with Gasteiger partial charge in [-0.3, -0.25) is 9.59 Å². The van der Waals surface area contributed by atoms with E-state index in [0.29, 0.717) is 12.8 Å². The Morgan fingerprint density at radius 2 is 1.37 bits per heavy atom. The number of unbranched alkanes of at least 4 members (excludes halogenated alkanes) is 7. The van der Waals surface area contributed by atoms with E-state index in [1.807, 2.05) is 13.8 Å². The number of esters is 2. The molecule has 0 radical (unpaired) electrons. The second-order valence-electron chi connectivity index (χ2n) is 5.67. The molecule has 0 aromatic rings. The second-order valence-corrected chi connectivity index (χ2v) is 5.67. The van der Waals surface area contributed by atoms with Crippen molar-refractivity contribution in [2.24, 2.45) is 5.92 Å². The molecule has 0 aliphatic carbocycles. The molecule has 0 heterocycles. The van der Waals surface area contributed by atoms with Gasteiger partial charge in [0.1, 0.15) is 0 Å². The van der Waals surface area contributed by atoms with E-state index in [4.69, 9.17) is 4.74 Å². The van der Waals surface area contributed by atoms with Crippen molar-refractivity contribution in [2.45, 2.75) is 85.0 Å². The van der Waals surface area contributed by atoms with Crippen LogP contribution in [0, 0.1) is 5.92 Å². The van der Waals surface area contributed by atoms with Crippen LogP contribution in [0.5, 0.6) is 0 Å². The maximum atomic E-state index is 11.4. The molecule has 112 valence electrons. The third-order valence-electron chi connectivity index (χ3n) is 3.04. The van der Waals surface area contributed by atoms with E-state index in [-0.39, 0.29) is 17.9 Å². The van der Waals surface area contributed by atoms with Crippen molar-refractivity contribution in [3.63, 3.8) is 0 Å². The summed E-state index contributed by atoms with van der Waals surface area (Å²) < 4.78 is 4.74. The molecular weight excluding hydrogens is 240 g/mol. The second kappa shape index (κ2) is 12.2. The first-order valence-electron chi connectivity index (χ1n) is 7.79. The maximum Gasteiger partial charge on any atom is 0.313 e. The van der Waals surface area contributed by atoms with Crippen molar-refractivity contribution >= 4 is 11.9 Å². The average molecular weight is 270 g/mol. The van der Waals surface area contributed by atoms with Gasteiger partial charge in [0.25, 0.3) is 0 Å². The minimum atomic E-state index is -0.389. The highest BCUT2D eigenvalue weighted by Gasteiger charge is 2.11. The van der Waals surface area contributed by atoms with E-state index in [1.165, 1.54) is 38.5 Å². The fraction of sp³-hybridized carbons (Fsp3) is 0.875. The predicted octanol–water partition coefficient (Wildman–Crippen LogP) is 4.63. The van der Waals surface area contributed by atoms with Crippen molar-refractivity contribution in [3.05, 3.63) is 0 Å². The average Bonchev–Trinajstić information content (AvgIpc) is 2.31. The van der Waals surface area contributed by atoms with Gasteiger partial charge in [-0.25, -0.2) is 0 Å². The Hall–Kier alpha value is -0.860. The highest BCUT2D eigenvalue weighted by molar-refractivity contribution is 5.85. The molecule has 0 saturated carbocycles. The van der Waals surface area contributed by atoms with Gasteiger partial charge in [0.2, 0.25) is 0 Å².